The second-order valence-electron chi connectivity index (χ2n) is 4.31. The van der Waals surface area contributed by atoms with Gasteiger partial charge in [-0.25, -0.2) is 0 Å². The number of rotatable bonds is 3. The van der Waals surface area contributed by atoms with E-state index in [1.165, 1.54) is 0 Å². The zero-order valence-corrected chi connectivity index (χ0v) is 11.6. The van der Waals surface area contributed by atoms with Gasteiger partial charge >= 0.3 is 74.0 Å². The van der Waals surface area contributed by atoms with Crippen molar-refractivity contribution in [3.05, 3.63) is 0 Å². The molecule has 0 spiro atoms. The van der Waals surface area contributed by atoms with Crippen molar-refractivity contribution in [3.63, 3.8) is 0 Å². The fourth-order valence-corrected chi connectivity index (χ4v) is 15.5. The van der Waals surface area contributed by atoms with E-state index in [1.54, 1.807) is 0 Å². The Labute approximate surface area is 73.9 Å². The quantitative estimate of drug-likeness (QED) is 0.709. The molecule has 0 amide bonds. The summed E-state index contributed by atoms with van der Waals surface area (Å²) in [7, 11) is 0. The standard InChI is InChI=1S/3C3H7.In/c3*1-3-2;/h3*3H,1-2H3;/q;;;-2. The van der Waals surface area contributed by atoms with Crippen molar-refractivity contribution in [1.29, 1.82) is 0 Å². The van der Waals surface area contributed by atoms with Gasteiger partial charge in [0.15, 0.2) is 0 Å². The zero-order chi connectivity index (χ0) is 8.31. The minimum atomic E-state index is -1.14. The molecule has 0 aliphatic heterocycles. The molecule has 0 N–H and O–H groups in total. The second kappa shape index (κ2) is 4.69. The van der Waals surface area contributed by atoms with Crippen LogP contribution in [0.1, 0.15) is 41.5 Å². The minimum absolute atomic E-state index is 1.04. The summed E-state index contributed by atoms with van der Waals surface area (Å²) >= 11 is -1.14. The fraction of sp³-hybridized carbons (Fsp3) is 1.00. The molecule has 0 radical (unpaired) electrons. The summed E-state index contributed by atoms with van der Waals surface area (Å²) in [5.41, 5.74) is 0. The predicted molar refractivity (Wildman–Crippen MR) is 51.0 cm³/mol. The van der Waals surface area contributed by atoms with E-state index in [0.29, 0.717) is 0 Å². The van der Waals surface area contributed by atoms with Crippen molar-refractivity contribution < 1.29 is 0 Å². The average Bonchev–Trinajstić information content (AvgIpc) is 1.59. The van der Waals surface area contributed by atoms with Gasteiger partial charge in [-0.1, -0.05) is 0 Å². The molecule has 0 bridgehead atoms. The number of hydrogen-bond acceptors (Lipinski definition) is 0. The first-order chi connectivity index (χ1) is 4.46. The van der Waals surface area contributed by atoms with Gasteiger partial charge in [-0.15, -0.1) is 0 Å². The molecule has 62 valence electrons. The van der Waals surface area contributed by atoms with Crippen LogP contribution in [0.25, 0.3) is 0 Å². The van der Waals surface area contributed by atoms with Crippen LogP contribution < -0.4 is 0 Å². The molecule has 0 heterocycles. The van der Waals surface area contributed by atoms with Crippen LogP contribution in [0, 0.1) is 0 Å². The van der Waals surface area contributed by atoms with Gasteiger partial charge in [0.25, 0.3) is 0 Å². The molecule has 0 atom stereocenters. The Morgan fingerprint density at radius 3 is 0.800 bits per heavy atom. The summed E-state index contributed by atoms with van der Waals surface area (Å²) in [5, 5.41) is 0. The van der Waals surface area contributed by atoms with Crippen LogP contribution in [0.3, 0.4) is 0 Å². The summed E-state index contributed by atoms with van der Waals surface area (Å²) < 4.78 is 3.13. The van der Waals surface area contributed by atoms with E-state index in [-0.39, 0.29) is 0 Å². The Bertz CT molecular complexity index is 65.7. The van der Waals surface area contributed by atoms with Crippen LogP contribution in [0.4, 0.5) is 0 Å². The van der Waals surface area contributed by atoms with Crippen molar-refractivity contribution in [1.82, 2.24) is 0 Å². The van der Waals surface area contributed by atoms with Gasteiger partial charge in [0.2, 0.25) is 0 Å². The zero-order valence-electron chi connectivity index (χ0n) is 8.31. The monoisotopic (exact) mass is 244 g/mol. The van der Waals surface area contributed by atoms with E-state index in [0.717, 1.165) is 11.0 Å². The van der Waals surface area contributed by atoms with E-state index < -0.39 is 21.4 Å². The van der Waals surface area contributed by atoms with Crippen molar-refractivity contribution in [2.45, 2.75) is 52.6 Å². The maximum absolute atomic E-state index is 2.42. The van der Waals surface area contributed by atoms with E-state index >= 15 is 0 Å². The Balaban J connectivity index is 3.98. The molecule has 0 aromatic heterocycles. The summed E-state index contributed by atoms with van der Waals surface area (Å²) in [6.07, 6.45) is 0. The van der Waals surface area contributed by atoms with Crippen LogP contribution in [0.5, 0.6) is 0 Å². The molecule has 0 saturated heterocycles. The summed E-state index contributed by atoms with van der Waals surface area (Å²) in [6, 6.07) is 0. The first-order valence-corrected chi connectivity index (χ1v) is 10.2. The third-order valence-electron chi connectivity index (χ3n) is 2.31. The topological polar surface area (TPSA) is 0 Å². The van der Waals surface area contributed by atoms with Crippen LogP contribution in [-0.4, -0.2) is 21.4 Å². The second-order valence-corrected chi connectivity index (χ2v) is 19.0. The van der Waals surface area contributed by atoms with E-state index in [2.05, 4.69) is 41.5 Å². The first kappa shape index (κ1) is 10.9. The molecule has 0 aliphatic rings. The molecule has 10 heavy (non-hydrogen) atoms. The van der Waals surface area contributed by atoms with Gasteiger partial charge in [0.1, 0.15) is 0 Å². The summed E-state index contributed by atoms with van der Waals surface area (Å²) in [6.45, 7) is 14.5. The van der Waals surface area contributed by atoms with Crippen LogP contribution >= 0.6 is 0 Å². The average molecular weight is 244 g/mol. The Hall–Kier alpha value is 0.870. The molecule has 0 saturated carbocycles. The Morgan fingerprint density at radius 1 is 0.600 bits per heavy atom. The Kier molecular flexibility index (Phi) is 5.10. The van der Waals surface area contributed by atoms with Crippen molar-refractivity contribution >= 4 is 21.4 Å². The molecule has 0 aromatic rings. The molecule has 0 rings (SSSR count). The van der Waals surface area contributed by atoms with E-state index in [1.807, 2.05) is 0 Å². The van der Waals surface area contributed by atoms with Gasteiger partial charge in [0, 0.05) is 0 Å². The molecule has 0 aliphatic carbocycles. The fourth-order valence-electron chi connectivity index (χ4n) is 2.31. The molecule has 0 aromatic carbocycles. The van der Waals surface area contributed by atoms with Gasteiger partial charge in [0.05, 0.1) is 0 Å². The van der Waals surface area contributed by atoms with Gasteiger partial charge in [-0.2, -0.15) is 0 Å². The van der Waals surface area contributed by atoms with E-state index in [4.69, 9.17) is 0 Å². The van der Waals surface area contributed by atoms with Crippen molar-refractivity contribution in [3.8, 4) is 0 Å². The van der Waals surface area contributed by atoms with Gasteiger partial charge in [-0.05, 0) is 0 Å². The molecule has 0 nitrogen and oxygen atoms in total. The summed E-state index contributed by atoms with van der Waals surface area (Å²) in [5.74, 6) is 0. The predicted octanol–water partition coefficient (Wildman–Crippen LogP) is 3.71. The third kappa shape index (κ3) is 3.32. The summed E-state index contributed by atoms with van der Waals surface area (Å²) in [4.78, 5) is 0. The molecule has 0 unspecified atom stereocenters. The maximum atomic E-state index is 2.42. The molecule has 1 heteroatoms. The van der Waals surface area contributed by atoms with Crippen LogP contribution in [-0.2, 0) is 0 Å². The molecular weight excluding hydrogens is 223 g/mol. The van der Waals surface area contributed by atoms with Gasteiger partial charge < -0.3 is 0 Å². The van der Waals surface area contributed by atoms with Gasteiger partial charge in [-0.3, -0.25) is 0 Å². The van der Waals surface area contributed by atoms with E-state index in [9.17, 15) is 0 Å². The molecular formula is C9H21In-2. The van der Waals surface area contributed by atoms with Crippen molar-refractivity contribution in [2.24, 2.45) is 0 Å². The Morgan fingerprint density at radius 2 is 0.800 bits per heavy atom. The molecule has 0 fully saturated rings. The first-order valence-electron chi connectivity index (χ1n) is 4.46. The van der Waals surface area contributed by atoms with Crippen LogP contribution in [0.2, 0.25) is 11.0 Å². The third-order valence-corrected chi connectivity index (χ3v) is 15.5. The number of hydrogen-bond donors (Lipinski definition) is 0. The van der Waals surface area contributed by atoms with Crippen LogP contribution in [0.15, 0.2) is 0 Å². The SMILES string of the molecule is C[CH](C)[In-2]([CH](C)C)[CH](C)C. The van der Waals surface area contributed by atoms with Crippen molar-refractivity contribution in [2.75, 3.05) is 0 Å². The normalized spacial score (nSPS) is 12.6.